The molecule has 0 unspecified atom stereocenters. The van der Waals surface area contributed by atoms with Crippen LogP contribution in [-0.2, 0) is 17.8 Å². The first kappa shape index (κ1) is 16.3. The van der Waals surface area contributed by atoms with E-state index in [0.29, 0.717) is 30.3 Å². The van der Waals surface area contributed by atoms with Crippen molar-refractivity contribution in [2.24, 2.45) is 0 Å². The van der Waals surface area contributed by atoms with E-state index in [1.807, 2.05) is 36.5 Å². The summed E-state index contributed by atoms with van der Waals surface area (Å²) < 4.78 is 6.79. The van der Waals surface area contributed by atoms with E-state index in [9.17, 15) is 4.79 Å². The number of aromatic nitrogens is 3. The second kappa shape index (κ2) is 7.31. The van der Waals surface area contributed by atoms with Gasteiger partial charge in [-0.25, -0.2) is 4.68 Å². The molecule has 2 heterocycles. The number of nitrogens with zero attached hydrogens (tertiary/aromatic N) is 4. The summed E-state index contributed by atoms with van der Waals surface area (Å²) in [5, 5.41) is 8.09. The standard InChI is InChI=1S/C17H17ClN4O2/c1-21(17(23)8-7-15-11-16(18)20-24-15)12-13-3-5-14(6-4-13)22-10-2-9-19-22/h2-6,9-11H,7-8,12H2,1H3. The molecule has 0 fully saturated rings. The third-order valence-corrected chi connectivity index (χ3v) is 3.84. The molecule has 3 rings (SSSR count). The summed E-state index contributed by atoms with van der Waals surface area (Å²) in [6, 6.07) is 11.5. The van der Waals surface area contributed by atoms with Crippen molar-refractivity contribution in [1.29, 1.82) is 0 Å². The summed E-state index contributed by atoms with van der Waals surface area (Å²) in [5.41, 5.74) is 2.05. The van der Waals surface area contributed by atoms with Gasteiger partial charge in [0, 0.05) is 44.9 Å². The molecule has 0 spiro atoms. The van der Waals surface area contributed by atoms with Crippen LogP contribution in [0.1, 0.15) is 17.7 Å². The molecule has 0 radical (unpaired) electrons. The highest BCUT2D eigenvalue weighted by Gasteiger charge is 2.11. The highest BCUT2D eigenvalue weighted by Crippen LogP contribution is 2.13. The van der Waals surface area contributed by atoms with Crippen LogP contribution in [0.15, 0.2) is 53.3 Å². The lowest BCUT2D eigenvalue weighted by Gasteiger charge is -2.17. The molecular formula is C17H17ClN4O2. The minimum absolute atomic E-state index is 0.0404. The number of amides is 1. The maximum absolute atomic E-state index is 12.2. The van der Waals surface area contributed by atoms with E-state index in [2.05, 4.69) is 10.3 Å². The molecule has 3 aromatic rings. The molecule has 0 atom stereocenters. The summed E-state index contributed by atoms with van der Waals surface area (Å²) in [6.45, 7) is 0.551. The topological polar surface area (TPSA) is 64.2 Å². The maximum Gasteiger partial charge on any atom is 0.223 e. The average Bonchev–Trinajstić information content (AvgIpc) is 3.25. The highest BCUT2D eigenvalue weighted by molar-refractivity contribution is 6.29. The number of carbonyl (C=O) groups excluding carboxylic acids is 1. The second-order valence-electron chi connectivity index (χ2n) is 5.48. The summed E-state index contributed by atoms with van der Waals surface area (Å²) >= 11 is 5.69. The van der Waals surface area contributed by atoms with Crippen molar-refractivity contribution in [2.75, 3.05) is 7.05 Å². The Hall–Kier alpha value is -2.60. The van der Waals surface area contributed by atoms with Crippen LogP contribution in [0.4, 0.5) is 0 Å². The molecule has 0 saturated heterocycles. The van der Waals surface area contributed by atoms with Gasteiger partial charge in [-0.2, -0.15) is 5.10 Å². The second-order valence-corrected chi connectivity index (χ2v) is 5.87. The van der Waals surface area contributed by atoms with Crippen molar-refractivity contribution in [3.63, 3.8) is 0 Å². The molecule has 0 aliphatic rings. The van der Waals surface area contributed by atoms with Gasteiger partial charge in [0.25, 0.3) is 0 Å². The van der Waals surface area contributed by atoms with Gasteiger partial charge in [-0.1, -0.05) is 28.9 Å². The fourth-order valence-corrected chi connectivity index (χ4v) is 2.52. The van der Waals surface area contributed by atoms with Crippen molar-refractivity contribution in [3.8, 4) is 5.69 Å². The van der Waals surface area contributed by atoms with E-state index in [-0.39, 0.29) is 5.91 Å². The van der Waals surface area contributed by atoms with Crippen molar-refractivity contribution < 1.29 is 9.32 Å². The predicted molar refractivity (Wildman–Crippen MR) is 89.9 cm³/mol. The van der Waals surface area contributed by atoms with Gasteiger partial charge in [0.15, 0.2) is 5.15 Å². The first-order valence-corrected chi connectivity index (χ1v) is 7.93. The van der Waals surface area contributed by atoms with Crippen molar-refractivity contribution in [2.45, 2.75) is 19.4 Å². The summed E-state index contributed by atoms with van der Waals surface area (Å²) in [7, 11) is 1.79. The normalized spacial score (nSPS) is 10.8. The smallest absolute Gasteiger partial charge is 0.223 e. The molecule has 6 nitrogen and oxygen atoms in total. The first-order valence-electron chi connectivity index (χ1n) is 7.56. The molecule has 0 aliphatic heterocycles. The predicted octanol–water partition coefficient (Wildman–Crippen LogP) is 3.10. The Morgan fingerprint density at radius 2 is 2.12 bits per heavy atom. The number of halogens is 1. The van der Waals surface area contributed by atoms with Crippen LogP contribution >= 0.6 is 11.6 Å². The zero-order chi connectivity index (χ0) is 16.9. The lowest BCUT2D eigenvalue weighted by molar-refractivity contribution is -0.130. The minimum atomic E-state index is 0.0404. The fourth-order valence-electron chi connectivity index (χ4n) is 2.36. The Balaban J connectivity index is 1.53. The Morgan fingerprint density at radius 3 is 2.75 bits per heavy atom. The Labute approximate surface area is 144 Å². The van der Waals surface area contributed by atoms with Crippen LogP contribution in [0.5, 0.6) is 0 Å². The van der Waals surface area contributed by atoms with Gasteiger partial charge in [0.05, 0.1) is 5.69 Å². The Morgan fingerprint density at radius 1 is 1.33 bits per heavy atom. The monoisotopic (exact) mass is 344 g/mol. The van der Waals surface area contributed by atoms with Crippen LogP contribution in [0.3, 0.4) is 0 Å². The van der Waals surface area contributed by atoms with Crippen LogP contribution in [-0.4, -0.2) is 32.8 Å². The number of benzene rings is 1. The molecule has 1 amide bonds. The zero-order valence-electron chi connectivity index (χ0n) is 13.2. The third-order valence-electron chi connectivity index (χ3n) is 3.67. The SMILES string of the molecule is CN(Cc1ccc(-n2cccn2)cc1)C(=O)CCc1cc(Cl)no1. The molecule has 0 aliphatic carbocycles. The van der Waals surface area contributed by atoms with Gasteiger partial charge >= 0.3 is 0 Å². The van der Waals surface area contributed by atoms with E-state index < -0.39 is 0 Å². The molecular weight excluding hydrogens is 328 g/mol. The van der Waals surface area contributed by atoms with E-state index in [1.165, 1.54) is 0 Å². The Kier molecular flexibility index (Phi) is 4.96. The minimum Gasteiger partial charge on any atom is -0.360 e. The lowest BCUT2D eigenvalue weighted by atomic mass is 10.2. The fraction of sp³-hybridized carbons (Fsp3) is 0.235. The highest BCUT2D eigenvalue weighted by atomic mass is 35.5. The number of aryl methyl sites for hydroxylation is 1. The molecule has 24 heavy (non-hydrogen) atoms. The summed E-state index contributed by atoms with van der Waals surface area (Å²) in [6.07, 6.45) is 4.47. The van der Waals surface area contributed by atoms with Crippen molar-refractivity contribution in [3.05, 3.63) is 65.3 Å². The van der Waals surface area contributed by atoms with Gasteiger partial charge in [-0.3, -0.25) is 4.79 Å². The number of carbonyl (C=O) groups is 1. The molecule has 0 N–H and O–H groups in total. The van der Waals surface area contributed by atoms with E-state index in [4.69, 9.17) is 16.1 Å². The van der Waals surface area contributed by atoms with Gasteiger partial charge < -0.3 is 9.42 Å². The van der Waals surface area contributed by atoms with Crippen LogP contribution in [0.2, 0.25) is 5.15 Å². The Bertz CT molecular complexity index is 796. The van der Waals surface area contributed by atoms with E-state index in [0.717, 1.165) is 11.3 Å². The van der Waals surface area contributed by atoms with Crippen LogP contribution < -0.4 is 0 Å². The zero-order valence-corrected chi connectivity index (χ0v) is 14.0. The molecule has 0 bridgehead atoms. The summed E-state index contributed by atoms with van der Waals surface area (Å²) in [5.74, 6) is 0.656. The summed E-state index contributed by atoms with van der Waals surface area (Å²) in [4.78, 5) is 13.9. The van der Waals surface area contributed by atoms with E-state index >= 15 is 0 Å². The molecule has 7 heteroatoms. The maximum atomic E-state index is 12.2. The lowest BCUT2D eigenvalue weighted by Crippen LogP contribution is -2.26. The van der Waals surface area contributed by atoms with Gasteiger partial charge in [-0.05, 0) is 23.8 Å². The van der Waals surface area contributed by atoms with Crippen molar-refractivity contribution >= 4 is 17.5 Å². The number of hydrogen-bond acceptors (Lipinski definition) is 4. The molecule has 1 aromatic carbocycles. The van der Waals surface area contributed by atoms with Crippen LogP contribution in [0, 0.1) is 0 Å². The van der Waals surface area contributed by atoms with Gasteiger partial charge in [0.2, 0.25) is 5.91 Å². The number of hydrogen-bond donors (Lipinski definition) is 0. The van der Waals surface area contributed by atoms with Gasteiger partial charge in [0.1, 0.15) is 5.76 Å². The molecule has 0 saturated carbocycles. The average molecular weight is 345 g/mol. The van der Waals surface area contributed by atoms with Gasteiger partial charge in [-0.15, -0.1) is 0 Å². The first-order chi connectivity index (χ1) is 11.6. The molecule has 124 valence electrons. The van der Waals surface area contributed by atoms with Crippen molar-refractivity contribution in [1.82, 2.24) is 19.8 Å². The number of rotatable bonds is 6. The van der Waals surface area contributed by atoms with E-state index in [1.54, 1.807) is 28.9 Å². The third kappa shape index (κ3) is 4.02. The largest absolute Gasteiger partial charge is 0.360 e. The quantitative estimate of drug-likeness (QED) is 0.689. The van der Waals surface area contributed by atoms with Crippen LogP contribution in [0.25, 0.3) is 5.69 Å². The molecule has 2 aromatic heterocycles.